The minimum atomic E-state index is 0.716. The molecule has 1 saturated heterocycles. The Morgan fingerprint density at radius 3 is 2.60 bits per heavy atom. The monoisotopic (exact) mass is 424 g/mol. The Bertz CT molecular complexity index is 1030. The maximum Gasteiger partial charge on any atom is 0.360 e. The molecule has 1 aromatic carbocycles. The first-order valence-corrected chi connectivity index (χ1v) is 11.7. The van der Waals surface area contributed by atoms with E-state index < -0.39 is 0 Å². The number of benzene rings is 1. The number of nitrogens with zero attached hydrogens (tertiary/aromatic N) is 3. The van der Waals surface area contributed by atoms with E-state index in [-0.39, 0.29) is 0 Å². The van der Waals surface area contributed by atoms with Gasteiger partial charge in [-0.3, -0.25) is 10.3 Å². The predicted octanol–water partition coefficient (Wildman–Crippen LogP) is 2.65. The third-order valence-corrected chi connectivity index (χ3v) is 6.76. The van der Waals surface area contributed by atoms with Gasteiger partial charge in [0, 0.05) is 16.5 Å². The molecule has 30 heavy (non-hydrogen) atoms. The summed E-state index contributed by atoms with van der Waals surface area (Å²) in [6, 6.07) is 13.1. The molecule has 3 aromatic rings. The van der Waals surface area contributed by atoms with Crippen molar-refractivity contribution in [1.29, 1.82) is 0 Å². The molecular weight excluding hydrogens is 392 g/mol. The lowest BCUT2D eigenvalue weighted by atomic mass is 10.1. The van der Waals surface area contributed by atoms with Crippen molar-refractivity contribution in [3.63, 3.8) is 0 Å². The lowest BCUT2D eigenvalue weighted by Gasteiger charge is -2.06. The molecule has 0 unspecified atom stereocenters. The highest BCUT2D eigenvalue weighted by Gasteiger charge is 2.17. The van der Waals surface area contributed by atoms with E-state index in [4.69, 9.17) is 5.73 Å². The molecule has 0 atom stereocenters. The first kappa shape index (κ1) is 20.8. The van der Waals surface area contributed by atoms with Crippen molar-refractivity contribution < 1.29 is 8.98 Å². The first-order chi connectivity index (χ1) is 14.7. The molecule has 6 nitrogen and oxygen atoms in total. The smallest absolute Gasteiger partial charge is 0.289 e. The van der Waals surface area contributed by atoms with Crippen LogP contribution in [0.5, 0.6) is 0 Å². The summed E-state index contributed by atoms with van der Waals surface area (Å²) in [5, 5.41) is 0. The normalized spacial score (nSPS) is 13.9. The van der Waals surface area contributed by atoms with Gasteiger partial charge < -0.3 is 0 Å². The Kier molecular flexibility index (Phi) is 6.59. The molecule has 1 aliphatic heterocycles. The predicted molar refractivity (Wildman–Crippen MR) is 123 cm³/mol. The number of aryl methyl sites for hydroxylation is 1. The number of pyridine rings is 1. The number of hydrogen-bond donors (Lipinski definition) is 3. The third-order valence-electron chi connectivity index (χ3n) is 5.57. The zero-order valence-electron chi connectivity index (χ0n) is 17.9. The molecule has 158 valence electrons. The molecule has 1 fully saturated rings. The first-order valence-electron chi connectivity index (χ1n) is 10.7. The highest BCUT2D eigenvalue weighted by atomic mass is 32.2. The standard InChI is InChI=1S/C23H31N6S/c1-3-14-30-20-10-11-22-27(2)21(17-29(22)16-20)19-8-6-18(7-9-19)15-25-26-23(24)28-12-4-5-13-28/h6-11,16-17,25H,3-5,12-15H2,1-2H3,(H2,24,26)/q+1/p+1. The van der Waals surface area contributed by atoms with Crippen molar-refractivity contribution in [2.75, 3.05) is 18.8 Å². The van der Waals surface area contributed by atoms with Gasteiger partial charge in [-0.1, -0.05) is 31.2 Å². The summed E-state index contributed by atoms with van der Waals surface area (Å²) in [7, 11) is 2.12. The van der Waals surface area contributed by atoms with Crippen molar-refractivity contribution in [1.82, 2.24) is 15.4 Å². The molecule has 0 spiro atoms. The van der Waals surface area contributed by atoms with Gasteiger partial charge in [-0.2, -0.15) is 5.43 Å². The summed E-state index contributed by atoms with van der Waals surface area (Å²) in [6.07, 6.45) is 8.06. The van der Waals surface area contributed by atoms with E-state index in [1.165, 1.54) is 46.6 Å². The van der Waals surface area contributed by atoms with E-state index in [2.05, 4.69) is 87.2 Å². The van der Waals surface area contributed by atoms with Gasteiger partial charge in [-0.05, 0) is 36.6 Å². The van der Waals surface area contributed by atoms with Crippen LogP contribution in [0.25, 0.3) is 16.9 Å². The van der Waals surface area contributed by atoms with E-state index in [1.54, 1.807) is 0 Å². The molecular formula is C23H32N6S+2. The summed E-state index contributed by atoms with van der Waals surface area (Å²) in [5.41, 5.74) is 17.3. The number of thioether (sulfide) groups is 1. The molecule has 0 radical (unpaired) electrons. The molecule has 0 aliphatic carbocycles. The van der Waals surface area contributed by atoms with Crippen LogP contribution in [0.4, 0.5) is 0 Å². The van der Waals surface area contributed by atoms with Crippen molar-refractivity contribution in [3.05, 3.63) is 54.4 Å². The number of aromatic nitrogens is 2. The SMILES string of the molecule is CCCSc1ccc2n(C)c(-c3ccc(CNNC(N)=[N+]4CCCC4)cc3)c[n+]2c1. The van der Waals surface area contributed by atoms with Crippen molar-refractivity contribution in [2.24, 2.45) is 12.8 Å². The van der Waals surface area contributed by atoms with Crippen LogP contribution in [-0.4, -0.2) is 33.9 Å². The summed E-state index contributed by atoms with van der Waals surface area (Å²) < 4.78 is 6.65. The molecule has 7 heteroatoms. The number of guanidine groups is 1. The lowest BCUT2D eigenvalue weighted by molar-refractivity contribution is -0.512. The fraction of sp³-hybridized carbons (Fsp3) is 0.391. The van der Waals surface area contributed by atoms with Crippen LogP contribution in [-0.2, 0) is 13.6 Å². The van der Waals surface area contributed by atoms with Crippen molar-refractivity contribution >= 4 is 23.4 Å². The molecule has 0 amide bonds. The quantitative estimate of drug-likeness (QED) is 0.236. The third kappa shape index (κ3) is 4.63. The van der Waals surface area contributed by atoms with Gasteiger partial charge in [0.15, 0.2) is 5.69 Å². The maximum absolute atomic E-state index is 6.10. The molecule has 0 bridgehead atoms. The van der Waals surface area contributed by atoms with Gasteiger partial charge in [-0.25, -0.2) is 14.4 Å². The van der Waals surface area contributed by atoms with Crippen LogP contribution in [0.3, 0.4) is 0 Å². The summed E-state index contributed by atoms with van der Waals surface area (Å²) in [6.45, 7) is 5.01. The number of rotatable bonds is 7. The van der Waals surface area contributed by atoms with Gasteiger partial charge in [0.05, 0.1) is 26.7 Å². The van der Waals surface area contributed by atoms with Crippen molar-refractivity contribution in [3.8, 4) is 11.3 Å². The zero-order chi connectivity index (χ0) is 20.9. The summed E-state index contributed by atoms with van der Waals surface area (Å²) >= 11 is 1.91. The van der Waals surface area contributed by atoms with Crippen LogP contribution in [0, 0.1) is 0 Å². The largest absolute Gasteiger partial charge is 0.360 e. The fourth-order valence-corrected chi connectivity index (χ4v) is 4.65. The Morgan fingerprint density at radius 2 is 1.87 bits per heavy atom. The van der Waals surface area contributed by atoms with Gasteiger partial charge in [0.25, 0.3) is 5.65 Å². The van der Waals surface area contributed by atoms with Crippen LogP contribution in [0.15, 0.2) is 53.7 Å². The second kappa shape index (κ2) is 9.53. The minimum Gasteiger partial charge on any atom is -0.289 e. The highest BCUT2D eigenvalue weighted by Crippen LogP contribution is 2.22. The van der Waals surface area contributed by atoms with E-state index in [1.807, 2.05) is 11.8 Å². The number of fused-ring (bicyclic) bond motifs is 1. The number of imidazole rings is 1. The van der Waals surface area contributed by atoms with Gasteiger partial charge in [-0.15, -0.1) is 11.8 Å². The van der Waals surface area contributed by atoms with E-state index in [0.717, 1.165) is 25.4 Å². The van der Waals surface area contributed by atoms with E-state index in [9.17, 15) is 0 Å². The average molecular weight is 425 g/mol. The Hall–Kier alpha value is -2.51. The zero-order valence-corrected chi connectivity index (χ0v) is 18.7. The van der Waals surface area contributed by atoms with Crippen molar-refractivity contribution in [2.45, 2.75) is 37.6 Å². The van der Waals surface area contributed by atoms with Crippen LogP contribution >= 0.6 is 11.8 Å². The number of nitrogens with one attached hydrogen (secondary N) is 2. The maximum atomic E-state index is 6.10. The van der Waals surface area contributed by atoms with Gasteiger partial charge in [0.2, 0.25) is 0 Å². The number of hydrazine groups is 1. The van der Waals surface area contributed by atoms with E-state index >= 15 is 0 Å². The molecule has 4 rings (SSSR count). The number of hydrogen-bond acceptors (Lipinski definition) is 2. The van der Waals surface area contributed by atoms with Gasteiger partial charge >= 0.3 is 5.96 Å². The lowest BCUT2D eigenvalue weighted by Crippen LogP contribution is -2.47. The van der Waals surface area contributed by atoms with E-state index in [0.29, 0.717) is 5.96 Å². The molecule has 1 aliphatic rings. The second-order valence-electron chi connectivity index (χ2n) is 7.81. The Morgan fingerprint density at radius 1 is 1.10 bits per heavy atom. The summed E-state index contributed by atoms with van der Waals surface area (Å²) in [4.78, 5) is 1.31. The van der Waals surface area contributed by atoms with Crippen LogP contribution < -0.4 is 21.0 Å². The number of nitrogens with two attached hydrogens (primary N) is 1. The van der Waals surface area contributed by atoms with Crippen LogP contribution in [0.1, 0.15) is 31.7 Å². The molecule has 0 saturated carbocycles. The molecule has 3 heterocycles. The highest BCUT2D eigenvalue weighted by molar-refractivity contribution is 7.99. The topological polar surface area (TPSA) is 62.1 Å². The molecule has 4 N–H and O–H groups in total. The minimum absolute atomic E-state index is 0.716. The average Bonchev–Trinajstić information content (AvgIpc) is 3.41. The second-order valence-corrected chi connectivity index (χ2v) is 8.98. The van der Waals surface area contributed by atoms with Crippen LogP contribution in [0.2, 0.25) is 0 Å². The molecule has 2 aromatic heterocycles. The summed E-state index contributed by atoms with van der Waals surface area (Å²) in [5.74, 6) is 1.87. The van der Waals surface area contributed by atoms with Gasteiger partial charge in [0.1, 0.15) is 12.4 Å². The Labute approximate surface area is 182 Å². The Balaban J connectivity index is 1.43. The fourth-order valence-electron chi connectivity index (χ4n) is 3.86.